The number of ketones is 1. The number of benzene rings is 1. The van der Waals surface area contributed by atoms with Crippen molar-refractivity contribution in [1.29, 1.82) is 0 Å². The van der Waals surface area contributed by atoms with Gasteiger partial charge < -0.3 is 18.9 Å². The Morgan fingerprint density at radius 3 is 2.54 bits per heavy atom. The highest BCUT2D eigenvalue weighted by Crippen LogP contribution is 2.35. The highest BCUT2D eigenvalue weighted by molar-refractivity contribution is 7.99. The molecule has 35 heavy (non-hydrogen) atoms. The minimum absolute atomic E-state index is 0.147. The van der Waals surface area contributed by atoms with Crippen LogP contribution in [-0.2, 0) is 15.2 Å². The van der Waals surface area contributed by atoms with Crippen LogP contribution in [0.4, 0.5) is 0 Å². The van der Waals surface area contributed by atoms with Crippen LogP contribution in [0.15, 0.2) is 28.7 Å². The minimum Gasteiger partial charge on any atom is -0.462 e. The largest absolute Gasteiger partial charge is 0.462 e. The van der Waals surface area contributed by atoms with Crippen LogP contribution in [0.2, 0.25) is 0 Å². The van der Waals surface area contributed by atoms with E-state index in [9.17, 15) is 14.4 Å². The number of thioether (sulfide) groups is 1. The lowest BCUT2D eigenvalue weighted by Crippen LogP contribution is -2.16. The van der Waals surface area contributed by atoms with Gasteiger partial charge in [-0.3, -0.25) is 4.79 Å². The lowest BCUT2D eigenvalue weighted by atomic mass is 10.0. The Labute approximate surface area is 208 Å². The summed E-state index contributed by atoms with van der Waals surface area (Å²) in [5, 5.41) is 1.47. The molecule has 0 spiro atoms. The molecule has 0 aliphatic heterocycles. The zero-order valence-electron chi connectivity index (χ0n) is 20.4. The molecule has 3 aromatic rings. The molecular weight excluding hydrogens is 466 g/mol. The molecule has 0 bridgehead atoms. The summed E-state index contributed by atoms with van der Waals surface area (Å²) in [5.74, 6) is -0.784. The molecule has 0 saturated heterocycles. The third-order valence-electron chi connectivity index (χ3n) is 6.43. The summed E-state index contributed by atoms with van der Waals surface area (Å²) in [6.45, 7) is 4.87. The molecular formula is C27H31NO6S. The number of carbonyl (C=O) groups is 3. The van der Waals surface area contributed by atoms with E-state index in [2.05, 4.69) is 4.98 Å². The van der Waals surface area contributed by atoms with Crippen molar-refractivity contribution in [3.05, 3.63) is 58.1 Å². The van der Waals surface area contributed by atoms with Gasteiger partial charge in [-0.05, 0) is 45.2 Å². The van der Waals surface area contributed by atoms with Crippen molar-refractivity contribution in [2.75, 3.05) is 13.2 Å². The predicted molar refractivity (Wildman–Crippen MR) is 135 cm³/mol. The van der Waals surface area contributed by atoms with Crippen molar-refractivity contribution in [2.24, 2.45) is 0 Å². The fourth-order valence-corrected chi connectivity index (χ4v) is 6.00. The van der Waals surface area contributed by atoms with Gasteiger partial charge in [-0.15, -0.1) is 0 Å². The third kappa shape index (κ3) is 5.48. The second-order valence-corrected chi connectivity index (χ2v) is 10.1. The number of furan rings is 1. The van der Waals surface area contributed by atoms with E-state index in [4.69, 9.17) is 13.9 Å². The molecule has 0 atom stereocenters. The topological polar surface area (TPSA) is 98.6 Å². The van der Waals surface area contributed by atoms with Gasteiger partial charge in [0.05, 0.1) is 17.9 Å². The summed E-state index contributed by atoms with van der Waals surface area (Å²) in [6, 6.07) is 7.55. The zero-order chi connectivity index (χ0) is 24.9. The SMILES string of the molecule is CCOC(=O)c1c(C)[nH]c(C(=O)COC(=O)c2oc3ccccc3c2CSC2CCCCC2)c1C. The first-order valence-corrected chi connectivity index (χ1v) is 13.1. The van der Waals surface area contributed by atoms with E-state index in [1.165, 1.54) is 32.1 Å². The maximum absolute atomic E-state index is 13.0. The van der Waals surface area contributed by atoms with Crippen LogP contribution in [0.1, 0.15) is 87.2 Å². The Hall–Kier alpha value is -3.00. The molecule has 7 nitrogen and oxygen atoms in total. The van der Waals surface area contributed by atoms with E-state index in [0.29, 0.717) is 33.4 Å². The molecule has 2 aromatic heterocycles. The molecule has 1 saturated carbocycles. The normalized spacial score (nSPS) is 14.3. The van der Waals surface area contributed by atoms with Crippen molar-refractivity contribution < 1.29 is 28.3 Å². The van der Waals surface area contributed by atoms with E-state index >= 15 is 0 Å². The Kier molecular flexibility index (Phi) is 8.00. The number of ether oxygens (including phenoxy) is 2. The number of fused-ring (bicyclic) bond motifs is 1. The van der Waals surface area contributed by atoms with Crippen molar-refractivity contribution in [1.82, 2.24) is 4.98 Å². The van der Waals surface area contributed by atoms with Gasteiger partial charge in [-0.2, -0.15) is 11.8 Å². The van der Waals surface area contributed by atoms with E-state index < -0.39 is 24.3 Å². The van der Waals surface area contributed by atoms with Gasteiger partial charge in [-0.1, -0.05) is 37.5 Å². The lowest BCUT2D eigenvalue weighted by Gasteiger charge is -2.20. The number of esters is 2. The number of aromatic nitrogens is 1. The number of aryl methyl sites for hydroxylation is 1. The Balaban J connectivity index is 1.48. The van der Waals surface area contributed by atoms with Gasteiger partial charge in [0.25, 0.3) is 0 Å². The number of nitrogens with one attached hydrogen (secondary N) is 1. The van der Waals surface area contributed by atoms with E-state index in [1.54, 1.807) is 20.8 Å². The molecule has 0 unspecified atom stereocenters. The third-order valence-corrected chi connectivity index (χ3v) is 7.83. The summed E-state index contributed by atoms with van der Waals surface area (Å²) in [5.41, 5.74) is 3.02. The molecule has 0 radical (unpaired) electrons. The maximum atomic E-state index is 13.0. The average molecular weight is 498 g/mol. The number of aromatic amines is 1. The first-order valence-electron chi connectivity index (χ1n) is 12.1. The van der Waals surface area contributed by atoms with Crippen LogP contribution < -0.4 is 0 Å². The number of Topliss-reactive ketones (excluding diaryl/α,β-unsaturated/α-hetero) is 1. The molecule has 1 aliphatic rings. The van der Waals surface area contributed by atoms with E-state index in [0.717, 1.165) is 10.9 Å². The number of hydrogen-bond acceptors (Lipinski definition) is 7. The summed E-state index contributed by atoms with van der Waals surface area (Å²) in [6.07, 6.45) is 6.17. The lowest BCUT2D eigenvalue weighted by molar-refractivity contribution is 0.0443. The van der Waals surface area contributed by atoms with Crippen LogP contribution in [0, 0.1) is 13.8 Å². The zero-order valence-corrected chi connectivity index (χ0v) is 21.2. The van der Waals surface area contributed by atoms with Gasteiger partial charge in [-0.25, -0.2) is 9.59 Å². The second-order valence-electron chi connectivity index (χ2n) is 8.82. The minimum atomic E-state index is -0.666. The fourth-order valence-electron chi connectivity index (χ4n) is 4.65. The van der Waals surface area contributed by atoms with Gasteiger partial charge >= 0.3 is 11.9 Å². The number of carbonyl (C=O) groups excluding carboxylic acids is 3. The molecule has 0 amide bonds. The van der Waals surface area contributed by atoms with E-state index in [-0.39, 0.29) is 18.1 Å². The Bertz CT molecular complexity index is 1230. The van der Waals surface area contributed by atoms with Crippen molar-refractivity contribution in [2.45, 2.75) is 63.9 Å². The van der Waals surface area contributed by atoms with Gasteiger partial charge in [0, 0.05) is 27.6 Å². The highest BCUT2D eigenvalue weighted by Gasteiger charge is 2.26. The van der Waals surface area contributed by atoms with Crippen LogP contribution in [0.25, 0.3) is 11.0 Å². The monoisotopic (exact) mass is 497 g/mol. The summed E-state index contributed by atoms with van der Waals surface area (Å²) >= 11 is 1.85. The molecule has 1 N–H and O–H groups in total. The molecule has 4 rings (SSSR count). The predicted octanol–water partition coefficient (Wildman–Crippen LogP) is 6.16. The summed E-state index contributed by atoms with van der Waals surface area (Å²) < 4.78 is 16.3. The standard InChI is InChI=1S/C27H31NO6S/c1-4-32-26(30)23-16(2)24(28-17(23)3)21(29)14-33-27(31)25-20(15-35-18-10-6-5-7-11-18)19-12-8-9-13-22(19)34-25/h8-9,12-13,18,28H,4-7,10-11,14-15H2,1-3H3. The smallest absolute Gasteiger partial charge is 0.375 e. The van der Waals surface area contributed by atoms with Crippen molar-refractivity contribution in [3.63, 3.8) is 0 Å². The summed E-state index contributed by atoms with van der Waals surface area (Å²) in [4.78, 5) is 41.0. The number of H-pyrrole nitrogens is 1. The molecule has 1 fully saturated rings. The first-order chi connectivity index (χ1) is 16.9. The van der Waals surface area contributed by atoms with Crippen molar-refractivity contribution in [3.8, 4) is 0 Å². The number of para-hydroxylation sites is 1. The van der Waals surface area contributed by atoms with Crippen molar-refractivity contribution >= 4 is 40.5 Å². The summed E-state index contributed by atoms with van der Waals surface area (Å²) in [7, 11) is 0. The Morgan fingerprint density at radius 1 is 1.06 bits per heavy atom. The molecule has 2 heterocycles. The van der Waals surface area contributed by atoms with Crippen LogP contribution >= 0.6 is 11.8 Å². The number of rotatable bonds is 9. The highest BCUT2D eigenvalue weighted by atomic mass is 32.2. The van der Waals surface area contributed by atoms with Gasteiger partial charge in [0.15, 0.2) is 6.61 Å². The molecule has 186 valence electrons. The van der Waals surface area contributed by atoms with Gasteiger partial charge in [0.2, 0.25) is 11.5 Å². The first kappa shape index (κ1) is 25.1. The van der Waals surface area contributed by atoms with Crippen LogP contribution in [0.5, 0.6) is 0 Å². The van der Waals surface area contributed by atoms with E-state index in [1.807, 2.05) is 36.0 Å². The number of hydrogen-bond donors (Lipinski definition) is 1. The quantitative estimate of drug-likeness (QED) is 0.279. The second kappa shape index (κ2) is 11.2. The van der Waals surface area contributed by atoms with Crippen LogP contribution in [0.3, 0.4) is 0 Å². The van der Waals surface area contributed by atoms with Gasteiger partial charge in [0.1, 0.15) is 5.58 Å². The molecule has 1 aromatic carbocycles. The molecule has 1 aliphatic carbocycles. The fraction of sp³-hybridized carbons (Fsp3) is 0.444. The average Bonchev–Trinajstić information content (AvgIpc) is 3.38. The Morgan fingerprint density at radius 2 is 1.80 bits per heavy atom. The van der Waals surface area contributed by atoms with Crippen LogP contribution in [-0.4, -0.2) is 41.2 Å². The maximum Gasteiger partial charge on any atom is 0.375 e. The molecule has 8 heteroatoms.